The van der Waals surface area contributed by atoms with E-state index in [0.29, 0.717) is 16.9 Å². The van der Waals surface area contributed by atoms with Gasteiger partial charge in [-0.2, -0.15) is 0 Å². The molecule has 2 aliphatic rings. The Balaban J connectivity index is 1.96. The van der Waals surface area contributed by atoms with Gasteiger partial charge in [-0.3, -0.25) is 0 Å². The second kappa shape index (κ2) is 6.55. The van der Waals surface area contributed by atoms with Gasteiger partial charge in [0.1, 0.15) is 0 Å². The molecular formula is C16H32N2O2S. The van der Waals surface area contributed by atoms with E-state index in [1.54, 1.807) is 0 Å². The fourth-order valence-corrected chi connectivity index (χ4v) is 4.80. The number of nitrogens with one attached hydrogen (secondary N) is 1. The normalized spacial score (nSPS) is 26.6. The molecule has 2 fully saturated rings. The third kappa shape index (κ3) is 5.53. The smallest absolute Gasteiger partial charge is 0.152 e. The summed E-state index contributed by atoms with van der Waals surface area (Å²) >= 11 is 0. The summed E-state index contributed by atoms with van der Waals surface area (Å²) in [5.41, 5.74) is 0.488. The fraction of sp³-hybridized carbons (Fsp3) is 1.00. The molecule has 0 unspecified atom stereocenters. The molecular weight excluding hydrogens is 284 g/mol. The SMILES string of the molecule is CC(C)(C)NCC1(CN2CCS(=O)(=O)CC2)CCCCC1. The van der Waals surface area contributed by atoms with Crippen LogP contribution in [0.4, 0.5) is 0 Å². The number of hydrogen-bond acceptors (Lipinski definition) is 4. The molecule has 0 aromatic rings. The van der Waals surface area contributed by atoms with Gasteiger partial charge < -0.3 is 10.2 Å². The molecule has 0 atom stereocenters. The first-order valence-corrected chi connectivity index (χ1v) is 10.2. The van der Waals surface area contributed by atoms with Gasteiger partial charge in [-0.1, -0.05) is 19.3 Å². The lowest BCUT2D eigenvalue weighted by Crippen LogP contribution is -2.52. The van der Waals surface area contributed by atoms with Crippen molar-refractivity contribution in [3.05, 3.63) is 0 Å². The first kappa shape index (κ1) is 17.2. The Labute approximate surface area is 130 Å². The van der Waals surface area contributed by atoms with E-state index >= 15 is 0 Å². The zero-order valence-corrected chi connectivity index (χ0v) is 14.8. The van der Waals surface area contributed by atoms with E-state index in [0.717, 1.165) is 26.2 Å². The van der Waals surface area contributed by atoms with Crippen molar-refractivity contribution < 1.29 is 8.42 Å². The van der Waals surface area contributed by atoms with Crippen molar-refractivity contribution in [2.75, 3.05) is 37.7 Å². The highest BCUT2D eigenvalue weighted by Gasteiger charge is 2.36. The number of hydrogen-bond donors (Lipinski definition) is 1. The molecule has 0 amide bonds. The molecule has 0 aromatic carbocycles. The molecule has 0 spiro atoms. The van der Waals surface area contributed by atoms with Crippen LogP contribution in [0.15, 0.2) is 0 Å². The zero-order valence-electron chi connectivity index (χ0n) is 14.0. The van der Waals surface area contributed by atoms with Crippen LogP contribution in [0.5, 0.6) is 0 Å². The third-order valence-electron chi connectivity index (χ3n) is 4.90. The lowest BCUT2D eigenvalue weighted by molar-refractivity contribution is 0.0995. The zero-order chi connectivity index (χ0) is 15.6. The summed E-state index contributed by atoms with van der Waals surface area (Å²) in [6, 6.07) is 0. The molecule has 0 radical (unpaired) electrons. The fourth-order valence-electron chi connectivity index (χ4n) is 3.53. The maximum absolute atomic E-state index is 11.6. The molecule has 1 heterocycles. The maximum atomic E-state index is 11.6. The van der Waals surface area contributed by atoms with Crippen molar-refractivity contribution in [2.24, 2.45) is 5.41 Å². The summed E-state index contributed by atoms with van der Waals surface area (Å²) in [6.07, 6.45) is 6.54. The van der Waals surface area contributed by atoms with Crippen molar-refractivity contribution in [3.63, 3.8) is 0 Å². The summed E-state index contributed by atoms with van der Waals surface area (Å²) in [4.78, 5) is 2.39. The first-order chi connectivity index (χ1) is 9.70. The highest BCUT2D eigenvalue weighted by atomic mass is 32.2. The van der Waals surface area contributed by atoms with Crippen molar-refractivity contribution in [3.8, 4) is 0 Å². The molecule has 4 nitrogen and oxygen atoms in total. The van der Waals surface area contributed by atoms with E-state index in [1.165, 1.54) is 32.1 Å². The second-order valence-corrected chi connectivity index (χ2v) is 10.4. The van der Waals surface area contributed by atoms with Crippen molar-refractivity contribution in [1.82, 2.24) is 10.2 Å². The average Bonchev–Trinajstić information content (AvgIpc) is 2.40. The first-order valence-electron chi connectivity index (χ1n) is 8.38. The van der Waals surface area contributed by atoms with Crippen molar-refractivity contribution in [1.29, 1.82) is 0 Å². The van der Waals surface area contributed by atoms with Crippen LogP contribution in [0.3, 0.4) is 0 Å². The van der Waals surface area contributed by atoms with Crippen LogP contribution >= 0.6 is 0 Å². The van der Waals surface area contributed by atoms with E-state index < -0.39 is 9.84 Å². The predicted molar refractivity (Wildman–Crippen MR) is 88.4 cm³/mol. The van der Waals surface area contributed by atoms with Crippen LogP contribution in [0.25, 0.3) is 0 Å². The summed E-state index contributed by atoms with van der Waals surface area (Å²) in [6.45, 7) is 10.2. The van der Waals surface area contributed by atoms with E-state index in [4.69, 9.17) is 0 Å². The molecule has 2 rings (SSSR count). The van der Waals surface area contributed by atoms with E-state index in [-0.39, 0.29) is 5.54 Å². The highest BCUT2D eigenvalue weighted by Crippen LogP contribution is 2.37. The number of nitrogens with zero attached hydrogens (tertiary/aromatic N) is 1. The Morgan fingerprint density at radius 1 is 1.05 bits per heavy atom. The van der Waals surface area contributed by atoms with Crippen LogP contribution < -0.4 is 5.32 Å². The van der Waals surface area contributed by atoms with Gasteiger partial charge in [0.2, 0.25) is 0 Å². The van der Waals surface area contributed by atoms with E-state index in [2.05, 4.69) is 31.0 Å². The third-order valence-corrected chi connectivity index (χ3v) is 6.51. The molecule has 0 bridgehead atoms. The molecule has 0 aromatic heterocycles. The summed E-state index contributed by atoms with van der Waals surface area (Å²) in [5, 5.41) is 3.69. The molecule has 21 heavy (non-hydrogen) atoms. The lowest BCUT2D eigenvalue weighted by Gasteiger charge is -2.43. The summed E-state index contributed by atoms with van der Waals surface area (Å²) < 4.78 is 23.2. The van der Waals surface area contributed by atoms with Gasteiger partial charge in [-0.05, 0) is 39.0 Å². The topological polar surface area (TPSA) is 49.4 Å². The minimum absolute atomic E-state index is 0.148. The van der Waals surface area contributed by atoms with Crippen LogP contribution in [0, 0.1) is 5.41 Å². The molecule has 1 N–H and O–H groups in total. The largest absolute Gasteiger partial charge is 0.311 e. The van der Waals surface area contributed by atoms with Crippen molar-refractivity contribution >= 4 is 9.84 Å². The Bertz CT molecular complexity index is 420. The molecule has 1 aliphatic carbocycles. The Hall–Kier alpha value is -0.130. The lowest BCUT2D eigenvalue weighted by atomic mass is 9.73. The molecule has 1 saturated heterocycles. The number of sulfone groups is 1. The Kier molecular flexibility index (Phi) is 5.37. The van der Waals surface area contributed by atoms with Gasteiger partial charge >= 0.3 is 0 Å². The van der Waals surface area contributed by atoms with Crippen LogP contribution in [0.1, 0.15) is 52.9 Å². The molecule has 1 saturated carbocycles. The highest BCUT2D eigenvalue weighted by molar-refractivity contribution is 7.91. The molecule has 5 heteroatoms. The summed E-state index contributed by atoms with van der Waals surface area (Å²) in [5.74, 6) is 0.686. The minimum atomic E-state index is -2.77. The standard InChI is InChI=1S/C16H32N2O2S/c1-15(2,3)17-13-16(7-5-4-6-8-16)14-18-9-11-21(19,20)12-10-18/h17H,4-14H2,1-3H3. The second-order valence-electron chi connectivity index (χ2n) is 8.09. The quantitative estimate of drug-likeness (QED) is 0.862. The molecule has 124 valence electrons. The maximum Gasteiger partial charge on any atom is 0.152 e. The van der Waals surface area contributed by atoms with Gasteiger partial charge in [-0.25, -0.2) is 8.42 Å². The Morgan fingerprint density at radius 3 is 2.14 bits per heavy atom. The van der Waals surface area contributed by atoms with Gasteiger partial charge in [0.15, 0.2) is 9.84 Å². The minimum Gasteiger partial charge on any atom is -0.311 e. The van der Waals surface area contributed by atoms with Gasteiger partial charge in [0, 0.05) is 31.7 Å². The van der Waals surface area contributed by atoms with Crippen molar-refractivity contribution in [2.45, 2.75) is 58.4 Å². The average molecular weight is 317 g/mol. The predicted octanol–water partition coefficient (Wildman–Crippen LogP) is 2.06. The monoisotopic (exact) mass is 316 g/mol. The summed E-state index contributed by atoms with van der Waals surface area (Å²) in [7, 11) is -2.77. The van der Waals surface area contributed by atoms with E-state index in [1.807, 2.05) is 0 Å². The number of rotatable bonds is 4. The van der Waals surface area contributed by atoms with Crippen LogP contribution in [-0.2, 0) is 9.84 Å². The van der Waals surface area contributed by atoms with Crippen LogP contribution in [-0.4, -0.2) is 56.5 Å². The van der Waals surface area contributed by atoms with Gasteiger partial charge in [-0.15, -0.1) is 0 Å². The van der Waals surface area contributed by atoms with Gasteiger partial charge in [0.05, 0.1) is 11.5 Å². The van der Waals surface area contributed by atoms with E-state index in [9.17, 15) is 8.42 Å². The van der Waals surface area contributed by atoms with Gasteiger partial charge in [0.25, 0.3) is 0 Å². The Morgan fingerprint density at radius 2 is 1.62 bits per heavy atom. The van der Waals surface area contributed by atoms with Crippen LogP contribution in [0.2, 0.25) is 0 Å². The molecule has 1 aliphatic heterocycles.